The number of sulfone groups is 2. The Morgan fingerprint density at radius 1 is 0.714 bits per heavy atom. The van der Waals surface area contributed by atoms with Crippen molar-refractivity contribution >= 4 is 24.1 Å². The largest absolute Gasteiger partial charge is 0.495 e. The van der Waals surface area contributed by atoms with Crippen LogP contribution in [0.2, 0.25) is 0 Å². The summed E-state index contributed by atoms with van der Waals surface area (Å²) in [4.78, 5) is 2.87. The third-order valence-corrected chi connectivity index (χ3v) is 12.7. The Bertz CT molecular complexity index is 993. The Morgan fingerprint density at radius 2 is 1.06 bits per heavy atom. The third-order valence-electron chi connectivity index (χ3n) is 7.59. The van der Waals surface area contributed by atoms with E-state index >= 15 is 0 Å². The second-order valence-electron chi connectivity index (χ2n) is 12.2. The summed E-state index contributed by atoms with van der Waals surface area (Å²) < 4.78 is 77.0. The Labute approximate surface area is 208 Å². The van der Waals surface area contributed by atoms with Crippen molar-refractivity contribution in [2.75, 3.05) is 26.4 Å². The number of nitrogens with zero attached hydrogens (tertiary/aromatic N) is 2. The zero-order valence-electron chi connectivity index (χ0n) is 21.1. The predicted molar refractivity (Wildman–Crippen MR) is 128 cm³/mol. The Kier molecular flexibility index (Phi) is 7.10. The fraction of sp³-hybridized carbons (Fsp3) is 0.957. The monoisotopic (exact) mass is 534 g/mol. The molecule has 2 unspecified atom stereocenters. The van der Waals surface area contributed by atoms with Gasteiger partial charge in [-0.05, 0) is 25.7 Å². The quantitative estimate of drug-likeness (QED) is 0.228. The van der Waals surface area contributed by atoms with E-state index in [2.05, 4.69) is 4.79 Å². The molecule has 0 radical (unpaired) electrons. The molecule has 4 rings (SSSR count). The van der Waals surface area contributed by atoms with Crippen LogP contribution in [0.5, 0.6) is 0 Å². The van der Waals surface area contributed by atoms with Crippen molar-refractivity contribution in [2.45, 2.75) is 101 Å². The Balaban J connectivity index is 1.54. The maximum absolute atomic E-state index is 13.6. The molecule has 2 atom stereocenters. The van der Waals surface area contributed by atoms with Crippen LogP contribution in [0.1, 0.15) is 79.1 Å². The fourth-order valence-electron chi connectivity index (χ4n) is 5.39. The molecule has 2 saturated heterocycles. The van der Waals surface area contributed by atoms with E-state index in [-0.39, 0.29) is 36.5 Å². The van der Waals surface area contributed by atoms with Gasteiger partial charge in [0, 0.05) is 36.5 Å². The van der Waals surface area contributed by atoms with Crippen LogP contribution in [0.3, 0.4) is 0 Å². The molecular weight excluding hydrogens is 496 g/mol. The molecule has 0 aromatic rings. The Hall–Kier alpha value is -0.880. The zero-order chi connectivity index (χ0) is 25.8. The lowest BCUT2D eigenvalue weighted by molar-refractivity contribution is -0.309. The second-order valence-corrected chi connectivity index (χ2v) is 16.7. The molecule has 200 valence electrons. The second kappa shape index (κ2) is 9.15. The van der Waals surface area contributed by atoms with Crippen LogP contribution in [-0.2, 0) is 38.6 Å². The lowest BCUT2D eigenvalue weighted by Gasteiger charge is -2.47. The number of rotatable bonds is 2. The van der Waals surface area contributed by atoms with Crippen molar-refractivity contribution in [3.8, 4) is 0 Å². The molecule has 0 aromatic heterocycles. The molecule has 2 spiro atoms. The summed E-state index contributed by atoms with van der Waals surface area (Å²) in [5.74, 6) is -2.14. The highest BCUT2D eigenvalue weighted by molar-refractivity contribution is 8.31. The molecule has 4 aliphatic rings. The molecule has 2 heterocycles. The molecule has 10 nitrogen and oxygen atoms in total. The van der Waals surface area contributed by atoms with Crippen molar-refractivity contribution < 1.29 is 40.6 Å². The lowest BCUT2D eigenvalue weighted by atomic mass is 9.89. The minimum atomic E-state index is -4.48. The van der Waals surface area contributed by atoms with Crippen LogP contribution >= 0.6 is 0 Å². The molecule has 35 heavy (non-hydrogen) atoms. The van der Waals surface area contributed by atoms with Crippen molar-refractivity contribution in [3.05, 3.63) is 5.53 Å². The van der Waals surface area contributed by atoms with E-state index in [4.69, 9.17) is 18.9 Å². The van der Waals surface area contributed by atoms with Gasteiger partial charge in [-0.2, -0.15) is 0 Å². The van der Waals surface area contributed by atoms with Crippen LogP contribution in [-0.4, -0.2) is 74.5 Å². The topological polar surface area (TPSA) is 142 Å². The summed E-state index contributed by atoms with van der Waals surface area (Å²) in [5, 5.41) is -2.17. The average Bonchev–Trinajstić information content (AvgIpc) is 2.79. The van der Waals surface area contributed by atoms with Gasteiger partial charge in [0.2, 0.25) is 0 Å². The molecule has 2 aliphatic carbocycles. The van der Waals surface area contributed by atoms with Gasteiger partial charge in [-0.25, -0.2) is 16.8 Å². The van der Waals surface area contributed by atoms with Crippen LogP contribution in [0.15, 0.2) is 0 Å². The van der Waals surface area contributed by atoms with E-state index in [1.54, 1.807) is 0 Å². The first-order valence-corrected chi connectivity index (χ1v) is 15.5. The number of hydrogen-bond donors (Lipinski definition) is 0. The van der Waals surface area contributed by atoms with Crippen molar-refractivity contribution in [1.82, 2.24) is 0 Å². The molecule has 0 bridgehead atoms. The summed E-state index contributed by atoms with van der Waals surface area (Å²) in [7, 11) is -8.95. The number of hydrogen-bond acceptors (Lipinski definition) is 8. The normalized spacial score (nSPS) is 32.1. The fourth-order valence-corrected chi connectivity index (χ4v) is 10.2. The van der Waals surface area contributed by atoms with Gasteiger partial charge in [0.1, 0.15) is 0 Å². The zero-order valence-corrected chi connectivity index (χ0v) is 22.7. The van der Waals surface area contributed by atoms with E-state index in [1.165, 1.54) is 0 Å². The van der Waals surface area contributed by atoms with Gasteiger partial charge in [0.25, 0.3) is 19.7 Å². The van der Waals surface area contributed by atoms with E-state index in [0.29, 0.717) is 52.1 Å². The van der Waals surface area contributed by atoms with E-state index in [0.717, 1.165) is 0 Å². The summed E-state index contributed by atoms with van der Waals surface area (Å²) in [6, 6.07) is 0. The first kappa shape index (κ1) is 27.2. The highest BCUT2D eigenvalue weighted by Crippen LogP contribution is 2.44. The standard InChI is InChI=1S/C23H38N2O8S2/c1-20(2)13-30-22(31-14-20)9-5-7-17(11-22)34(26,27)19(25-24)35(28,29)18-8-6-10-23(12-18)32-15-21(3,4)16-33-23/h17-18H,5-16H2,1-4H3. The summed E-state index contributed by atoms with van der Waals surface area (Å²) in [6.45, 7) is 9.66. The minimum Gasteiger partial charge on any atom is -0.359 e. The van der Waals surface area contributed by atoms with Crippen molar-refractivity contribution in [2.24, 2.45) is 10.8 Å². The Morgan fingerprint density at radius 3 is 1.37 bits per heavy atom. The molecule has 0 N–H and O–H groups in total. The molecule has 0 aromatic carbocycles. The maximum Gasteiger partial charge on any atom is 0.495 e. The highest BCUT2D eigenvalue weighted by atomic mass is 32.3. The van der Waals surface area contributed by atoms with Gasteiger partial charge in [-0.1, -0.05) is 27.7 Å². The SMILES string of the molecule is CC1(C)COC2(CCCC(S(=O)(=O)C(=[N+]=[N-])S(=O)(=O)C3CCCC4(C3)OCC(C)(C)CO4)C2)OC1. The highest BCUT2D eigenvalue weighted by Gasteiger charge is 2.57. The van der Waals surface area contributed by atoms with Crippen LogP contribution < -0.4 is 0 Å². The van der Waals surface area contributed by atoms with Crippen LogP contribution in [0.4, 0.5) is 0 Å². The van der Waals surface area contributed by atoms with Crippen LogP contribution in [0.25, 0.3) is 5.53 Å². The molecule has 0 amide bonds. The lowest BCUT2D eigenvalue weighted by Crippen LogP contribution is -2.54. The predicted octanol–water partition coefficient (Wildman–Crippen LogP) is 2.83. The molecule has 2 saturated carbocycles. The van der Waals surface area contributed by atoms with E-state index in [1.807, 2.05) is 27.7 Å². The van der Waals surface area contributed by atoms with Crippen molar-refractivity contribution in [3.63, 3.8) is 0 Å². The van der Waals surface area contributed by atoms with Gasteiger partial charge in [-0.15, -0.1) is 4.79 Å². The van der Waals surface area contributed by atoms with Crippen LogP contribution in [0, 0.1) is 10.8 Å². The molecule has 4 fully saturated rings. The van der Waals surface area contributed by atoms with E-state index in [9.17, 15) is 22.4 Å². The summed E-state index contributed by atoms with van der Waals surface area (Å²) >= 11 is 0. The average molecular weight is 535 g/mol. The van der Waals surface area contributed by atoms with Gasteiger partial charge in [-0.3, -0.25) is 0 Å². The van der Waals surface area contributed by atoms with Gasteiger partial charge in [0.05, 0.1) is 36.9 Å². The molecular formula is C23H38N2O8S2. The minimum absolute atomic E-state index is 0.00410. The first-order chi connectivity index (χ1) is 16.1. The summed E-state index contributed by atoms with van der Waals surface area (Å²) in [5.41, 5.74) is 9.33. The smallest absolute Gasteiger partial charge is 0.359 e. The van der Waals surface area contributed by atoms with Gasteiger partial charge >= 0.3 is 4.38 Å². The summed E-state index contributed by atoms with van der Waals surface area (Å²) in [6.07, 6.45) is 2.52. The maximum atomic E-state index is 13.6. The van der Waals surface area contributed by atoms with Gasteiger partial charge < -0.3 is 24.5 Å². The first-order valence-electron chi connectivity index (χ1n) is 12.4. The molecule has 2 aliphatic heterocycles. The van der Waals surface area contributed by atoms with Crippen molar-refractivity contribution in [1.29, 1.82) is 0 Å². The number of ether oxygens (including phenoxy) is 4. The molecule has 12 heteroatoms. The van der Waals surface area contributed by atoms with E-state index < -0.39 is 46.1 Å². The third kappa shape index (κ3) is 5.39. The van der Waals surface area contributed by atoms with Gasteiger partial charge in [0.15, 0.2) is 11.6 Å².